The Labute approximate surface area is 105 Å². The van der Waals surface area contributed by atoms with Crippen LogP contribution in [0.4, 0.5) is 5.69 Å². The predicted molar refractivity (Wildman–Crippen MR) is 69.9 cm³/mol. The van der Waals surface area contributed by atoms with Gasteiger partial charge in [-0.25, -0.2) is 0 Å². The first-order chi connectivity index (χ1) is 8.33. The molecule has 1 fully saturated rings. The molecular weight excluding hydrogens is 236 g/mol. The molecule has 92 valence electrons. The summed E-state index contributed by atoms with van der Waals surface area (Å²) in [6.07, 6.45) is 4.22. The number of aromatic nitrogens is 1. The number of hydrazine groups is 1. The summed E-state index contributed by atoms with van der Waals surface area (Å²) in [4.78, 5) is 18.2. The summed E-state index contributed by atoms with van der Waals surface area (Å²) >= 11 is 1.89. The van der Waals surface area contributed by atoms with Gasteiger partial charge in [-0.1, -0.05) is 0 Å². The molecule has 0 spiro atoms. The van der Waals surface area contributed by atoms with E-state index in [1.807, 2.05) is 16.7 Å². The number of nitrogens with two attached hydrogens (primary N) is 1. The molecule has 0 atom stereocenters. The Balaban J connectivity index is 2.17. The third-order valence-electron chi connectivity index (χ3n) is 2.72. The number of anilines is 1. The van der Waals surface area contributed by atoms with Crippen molar-refractivity contribution in [2.45, 2.75) is 6.42 Å². The van der Waals surface area contributed by atoms with E-state index < -0.39 is 0 Å². The topological polar surface area (TPSA) is 71.2 Å². The first-order valence-electron chi connectivity index (χ1n) is 5.60. The van der Waals surface area contributed by atoms with Crippen molar-refractivity contribution in [2.24, 2.45) is 5.84 Å². The van der Waals surface area contributed by atoms with Crippen molar-refractivity contribution in [3.63, 3.8) is 0 Å². The number of pyridine rings is 1. The quantitative estimate of drug-likeness (QED) is 0.605. The van der Waals surface area contributed by atoms with Gasteiger partial charge in [0.15, 0.2) is 0 Å². The molecule has 17 heavy (non-hydrogen) atoms. The molecule has 1 aliphatic heterocycles. The summed E-state index contributed by atoms with van der Waals surface area (Å²) in [6.45, 7) is 1.60. The van der Waals surface area contributed by atoms with Crippen LogP contribution in [0.15, 0.2) is 18.5 Å². The van der Waals surface area contributed by atoms with E-state index in [9.17, 15) is 4.79 Å². The van der Waals surface area contributed by atoms with E-state index in [0.717, 1.165) is 31.0 Å². The zero-order valence-electron chi connectivity index (χ0n) is 9.56. The van der Waals surface area contributed by atoms with Crippen molar-refractivity contribution in [3.05, 3.63) is 24.0 Å². The van der Waals surface area contributed by atoms with E-state index >= 15 is 0 Å². The fraction of sp³-hybridized carbons (Fsp3) is 0.455. The van der Waals surface area contributed by atoms with Crippen molar-refractivity contribution in [1.82, 2.24) is 9.88 Å². The highest BCUT2D eigenvalue weighted by Gasteiger charge is 2.19. The van der Waals surface area contributed by atoms with Gasteiger partial charge in [0.25, 0.3) is 5.91 Å². The van der Waals surface area contributed by atoms with Crippen LogP contribution in [-0.2, 0) is 0 Å². The predicted octanol–water partition coefficient (Wildman–Crippen LogP) is 0.946. The molecular formula is C11H16N4OS. The van der Waals surface area contributed by atoms with Gasteiger partial charge in [-0.2, -0.15) is 11.8 Å². The maximum absolute atomic E-state index is 12.3. The Hall–Kier alpha value is -1.27. The lowest BCUT2D eigenvalue weighted by Crippen LogP contribution is -2.33. The molecule has 0 radical (unpaired) electrons. The Morgan fingerprint density at radius 1 is 1.47 bits per heavy atom. The first kappa shape index (κ1) is 12.2. The molecule has 1 saturated heterocycles. The average molecular weight is 252 g/mol. The molecule has 6 heteroatoms. The highest BCUT2D eigenvalue weighted by atomic mass is 32.2. The van der Waals surface area contributed by atoms with Crippen LogP contribution in [0.3, 0.4) is 0 Å². The molecule has 1 aromatic heterocycles. The minimum Gasteiger partial charge on any atom is -0.338 e. The van der Waals surface area contributed by atoms with Gasteiger partial charge in [0, 0.05) is 31.2 Å². The standard InChI is InChI=1S/C11H16N4OS/c12-14-10-2-3-13-8-9(10)11(16)15-4-1-6-17-7-5-15/h2-3,8H,1,4-7,12H2,(H,13,14). The number of carbonyl (C=O) groups is 1. The summed E-state index contributed by atoms with van der Waals surface area (Å²) < 4.78 is 0. The molecule has 1 amide bonds. The van der Waals surface area contributed by atoms with Crippen molar-refractivity contribution in [2.75, 3.05) is 30.0 Å². The van der Waals surface area contributed by atoms with Gasteiger partial charge in [-0.3, -0.25) is 15.6 Å². The largest absolute Gasteiger partial charge is 0.338 e. The van der Waals surface area contributed by atoms with E-state index in [-0.39, 0.29) is 5.91 Å². The lowest BCUT2D eigenvalue weighted by Gasteiger charge is -2.21. The summed E-state index contributed by atoms with van der Waals surface area (Å²) in [7, 11) is 0. The normalized spacial score (nSPS) is 16.4. The van der Waals surface area contributed by atoms with Crippen LogP contribution in [0.1, 0.15) is 16.8 Å². The molecule has 0 saturated carbocycles. The number of hydrogen-bond acceptors (Lipinski definition) is 5. The van der Waals surface area contributed by atoms with E-state index in [1.165, 1.54) is 0 Å². The zero-order chi connectivity index (χ0) is 12.1. The number of rotatable bonds is 2. The van der Waals surface area contributed by atoms with Gasteiger partial charge in [-0.15, -0.1) is 0 Å². The van der Waals surface area contributed by atoms with Crippen molar-refractivity contribution >= 4 is 23.4 Å². The van der Waals surface area contributed by atoms with Crippen molar-refractivity contribution in [3.8, 4) is 0 Å². The second-order valence-electron chi connectivity index (χ2n) is 3.82. The third kappa shape index (κ3) is 2.89. The van der Waals surface area contributed by atoms with Crippen LogP contribution in [-0.4, -0.2) is 40.4 Å². The minimum absolute atomic E-state index is 0.00792. The molecule has 1 aromatic rings. The van der Waals surface area contributed by atoms with Crippen molar-refractivity contribution < 1.29 is 4.79 Å². The smallest absolute Gasteiger partial charge is 0.257 e. The molecule has 0 aromatic carbocycles. The number of nitrogens with one attached hydrogen (secondary N) is 1. The van der Waals surface area contributed by atoms with E-state index in [4.69, 9.17) is 5.84 Å². The fourth-order valence-electron chi connectivity index (χ4n) is 1.81. The molecule has 3 N–H and O–H groups in total. The van der Waals surface area contributed by atoms with Crippen LogP contribution >= 0.6 is 11.8 Å². The average Bonchev–Trinajstić information content (AvgIpc) is 2.66. The van der Waals surface area contributed by atoms with Gasteiger partial charge in [0.2, 0.25) is 0 Å². The molecule has 0 aliphatic carbocycles. The first-order valence-corrected chi connectivity index (χ1v) is 6.76. The number of hydrogen-bond donors (Lipinski definition) is 2. The maximum Gasteiger partial charge on any atom is 0.257 e. The molecule has 0 unspecified atom stereocenters. The molecule has 2 rings (SSSR count). The third-order valence-corrected chi connectivity index (χ3v) is 3.77. The second kappa shape index (κ2) is 5.88. The van der Waals surface area contributed by atoms with Crippen LogP contribution in [0.5, 0.6) is 0 Å². The lowest BCUT2D eigenvalue weighted by atomic mass is 10.2. The Bertz CT molecular complexity index is 391. The Morgan fingerprint density at radius 3 is 3.18 bits per heavy atom. The SMILES string of the molecule is NNc1ccncc1C(=O)N1CCCSCC1. The number of nitrogen functional groups attached to an aromatic ring is 1. The van der Waals surface area contributed by atoms with Crippen LogP contribution in [0, 0.1) is 0 Å². The van der Waals surface area contributed by atoms with Gasteiger partial charge in [0.05, 0.1) is 11.3 Å². The fourth-order valence-corrected chi connectivity index (χ4v) is 2.70. The van der Waals surface area contributed by atoms with Crippen molar-refractivity contribution in [1.29, 1.82) is 0 Å². The van der Waals surface area contributed by atoms with Crippen LogP contribution in [0.2, 0.25) is 0 Å². The lowest BCUT2D eigenvalue weighted by molar-refractivity contribution is 0.0769. The number of thioether (sulfide) groups is 1. The van der Waals surface area contributed by atoms with Gasteiger partial charge < -0.3 is 10.3 Å². The molecule has 2 heterocycles. The van der Waals surface area contributed by atoms with Gasteiger partial charge in [-0.05, 0) is 18.2 Å². The van der Waals surface area contributed by atoms with E-state index in [2.05, 4.69) is 10.4 Å². The summed E-state index contributed by atoms with van der Waals surface area (Å²) in [5.74, 6) is 7.53. The van der Waals surface area contributed by atoms with Crippen LogP contribution in [0.25, 0.3) is 0 Å². The molecule has 5 nitrogen and oxygen atoms in total. The summed E-state index contributed by atoms with van der Waals surface area (Å²) in [5.41, 5.74) is 3.71. The molecule has 0 bridgehead atoms. The Kier molecular flexibility index (Phi) is 4.22. The molecule has 1 aliphatic rings. The number of nitrogens with zero attached hydrogens (tertiary/aromatic N) is 2. The highest BCUT2D eigenvalue weighted by molar-refractivity contribution is 7.99. The van der Waals surface area contributed by atoms with Crippen LogP contribution < -0.4 is 11.3 Å². The van der Waals surface area contributed by atoms with E-state index in [0.29, 0.717) is 11.3 Å². The summed E-state index contributed by atoms with van der Waals surface area (Å²) in [6, 6.07) is 1.71. The minimum atomic E-state index is 0.00792. The van der Waals surface area contributed by atoms with Gasteiger partial charge >= 0.3 is 0 Å². The Morgan fingerprint density at radius 2 is 2.35 bits per heavy atom. The second-order valence-corrected chi connectivity index (χ2v) is 5.05. The number of amides is 1. The monoisotopic (exact) mass is 252 g/mol. The zero-order valence-corrected chi connectivity index (χ0v) is 10.4. The highest BCUT2D eigenvalue weighted by Crippen LogP contribution is 2.17. The van der Waals surface area contributed by atoms with E-state index in [1.54, 1.807) is 18.5 Å². The summed E-state index contributed by atoms with van der Waals surface area (Å²) in [5, 5.41) is 0. The maximum atomic E-state index is 12.3. The van der Waals surface area contributed by atoms with Gasteiger partial charge in [0.1, 0.15) is 0 Å². The number of carbonyl (C=O) groups excluding carboxylic acids is 1.